The summed E-state index contributed by atoms with van der Waals surface area (Å²) in [5, 5.41) is 0. The number of hydrogen-bond donors (Lipinski definition) is 1. The Labute approximate surface area is 114 Å². The van der Waals surface area contributed by atoms with Gasteiger partial charge in [-0.2, -0.15) is 11.8 Å². The largest absolute Gasteiger partial charge is 0.397 e. The molecule has 1 heterocycles. The molecule has 1 aromatic heterocycles. The molecule has 0 aliphatic carbocycles. The second-order valence-corrected chi connectivity index (χ2v) is 5.79. The lowest BCUT2D eigenvalue weighted by molar-refractivity contribution is 0.0745. The summed E-state index contributed by atoms with van der Waals surface area (Å²) in [6.45, 7) is 6.14. The first-order chi connectivity index (χ1) is 8.38. The van der Waals surface area contributed by atoms with E-state index in [1.165, 1.54) is 0 Å². The second-order valence-electron chi connectivity index (χ2n) is 4.88. The molecule has 102 valence electrons. The Balaban J connectivity index is 2.96. The molecule has 0 saturated carbocycles. The van der Waals surface area contributed by atoms with Crippen molar-refractivity contribution in [2.45, 2.75) is 32.9 Å². The Morgan fingerprint density at radius 2 is 2.11 bits per heavy atom. The van der Waals surface area contributed by atoms with E-state index >= 15 is 0 Å². The Morgan fingerprint density at radius 1 is 1.50 bits per heavy atom. The summed E-state index contributed by atoms with van der Waals surface area (Å²) in [5.41, 5.74) is 7.10. The van der Waals surface area contributed by atoms with Gasteiger partial charge in [-0.3, -0.25) is 4.79 Å². The van der Waals surface area contributed by atoms with Gasteiger partial charge in [0, 0.05) is 31.1 Å². The first-order valence-electron chi connectivity index (χ1n) is 6.12. The molecule has 1 amide bonds. The number of carbonyl (C=O) groups is 1. The summed E-state index contributed by atoms with van der Waals surface area (Å²) >= 11 is 1.74. The van der Waals surface area contributed by atoms with Crippen LogP contribution in [-0.4, -0.2) is 40.5 Å². The van der Waals surface area contributed by atoms with Crippen LogP contribution in [0.4, 0.5) is 5.69 Å². The molecule has 0 radical (unpaired) electrons. The highest BCUT2D eigenvalue weighted by Crippen LogP contribution is 2.19. The van der Waals surface area contributed by atoms with E-state index in [4.69, 9.17) is 5.73 Å². The molecule has 1 rings (SSSR count). The Hall–Kier alpha value is -1.10. The van der Waals surface area contributed by atoms with Crippen LogP contribution in [0.15, 0.2) is 12.3 Å². The average molecular weight is 269 g/mol. The lowest BCUT2D eigenvalue weighted by atomic mass is 10.2. The molecule has 1 atom stereocenters. The van der Waals surface area contributed by atoms with Crippen LogP contribution in [0.3, 0.4) is 0 Å². The number of thioether (sulfide) groups is 1. The molecule has 18 heavy (non-hydrogen) atoms. The van der Waals surface area contributed by atoms with Gasteiger partial charge >= 0.3 is 0 Å². The number of nitrogens with two attached hydrogens (primary N) is 1. The summed E-state index contributed by atoms with van der Waals surface area (Å²) in [4.78, 5) is 14.2. The quantitative estimate of drug-likeness (QED) is 0.893. The van der Waals surface area contributed by atoms with E-state index in [9.17, 15) is 4.79 Å². The Kier molecular flexibility index (Phi) is 5.14. The molecular formula is C13H23N3OS. The highest BCUT2D eigenvalue weighted by molar-refractivity contribution is 7.98. The van der Waals surface area contributed by atoms with Crippen LogP contribution in [0.5, 0.6) is 0 Å². The van der Waals surface area contributed by atoms with Crippen molar-refractivity contribution >= 4 is 23.4 Å². The van der Waals surface area contributed by atoms with E-state index in [1.54, 1.807) is 22.7 Å². The number of hydrogen-bond acceptors (Lipinski definition) is 3. The molecular weight excluding hydrogens is 246 g/mol. The number of nitrogen functional groups attached to an aromatic ring is 1. The zero-order chi connectivity index (χ0) is 13.9. The summed E-state index contributed by atoms with van der Waals surface area (Å²) in [6.07, 6.45) is 3.87. The fourth-order valence-electron chi connectivity index (χ4n) is 1.83. The predicted molar refractivity (Wildman–Crippen MR) is 79.2 cm³/mol. The molecule has 1 unspecified atom stereocenters. The lowest BCUT2D eigenvalue weighted by Crippen LogP contribution is -2.37. The maximum atomic E-state index is 12.4. The molecule has 0 aliphatic rings. The number of aromatic nitrogens is 1. The number of carbonyl (C=O) groups excluding carboxylic acids is 1. The smallest absolute Gasteiger partial charge is 0.270 e. The van der Waals surface area contributed by atoms with Gasteiger partial charge in [-0.15, -0.1) is 0 Å². The second kappa shape index (κ2) is 6.18. The molecule has 0 spiro atoms. The van der Waals surface area contributed by atoms with E-state index < -0.39 is 0 Å². The van der Waals surface area contributed by atoms with Crippen LogP contribution in [-0.2, 0) is 0 Å². The summed E-state index contributed by atoms with van der Waals surface area (Å²) < 4.78 is 1.93. The van der Waals surface area contributed by atoms with Gasteiger partial charge in [-0.25, -0.2) is 0 Å². The first-order valence-corrected chi connectivity index (χ1v) is 7.51. The van der Waals surface area contributed by atoms with E-state index in [2.05, 4.69) is 6.92 Å². The zero-order valence-electron chi connectivity index (χ0n) is 11.8. The first kappa shape index (κ1) is 15.0. The van der Waals surface area contributed by atoms with E-state index in [0.29, 0.717) is 11.4 Å². The highest BCUT2D eigenvalue weighted by atomic mass is 32.2. The minimum atomic E-state index is 0.0296. The van der Waals surface area contributed by atoms with E-state index in [-0.39, 0.29) is 18.0 Å². The SMILES string of the molecule is CSCC(C)N(C)C(=O)c1cc(N)cn1C(C)C. The minimum absolute atomic E-state index is 0.0296. The topological polar surface area (TPSA) is 51.3 Å². The highest BCUT2D eigenvalue weighted by Gasteiger charge is 2.21. The van der Waals surface area contributed by atoms with Crippen LogP contribution in [0.25, 0.3) is 0 Å². The molecule has 0 fully saturated rings. The van der Waals surface area contributed by atoms with E-state index in [1.807, 2.05) is 37.9 Å². The van der Waals surface area contributed by atoms with Gasteiger partial charge in [-0.05, 0) is 33.1 Å². The number of nitrogens with zero attached hydrogens (tertiary/aromatic N) is 2. The molecule has 5 heteroatoms. The third-order valence-electron chi connectivity index (χ3n) is 3.03. The fraction of sp³-hybridized carbons (Fsp3) is 0.615. The van der Waals surface area contributed by atoms with Crippen molar-refractivity contribution in [3.63, 3.8) is 0 Å². The van der Waals surface area contributed by atoms with Crippen LogP contribution in [0.1, 0.15) is 37.3 Å². The maximum absolute atomic E-state index is 12.4. The van der Waals surface area contributed by atoms with Crippen molar-refractivity contribution in [1.82, 2.24) is 9.47 Å². The van der Waals surface area contributed by atoms with Crippen molar-refractivity contribution < 1.29 is 4.79 Å². The van der Waals surface area contributed by atoms with Crippen molar-refractivity contribution in [2.24, 2.45) is 0 Å². The van der Waals surface area contributed by atoms with Crippen LogP contribution < -0.4 is 5.73 Å². The molecule has 2 N–H and O–H groups in total. The van der Waals surface area contributed by atoms with Gasteiger partial charge in [0.1, 0.15) is 5.69 Å². The van der Waals surface area contributed by atoms with Crippen molar-refractivity contribution in [3.05, 3.63) is 18.0 Å². The Bertz CT molecular complexity index is 414. The summed E-state index contributed by atoms with van der Waals surface area (Å²) in [5.74, 6) is 0.960. The molecule has 1 aromatic rings. The van der Waals surface area contributed by atoms with Gasteiger partial charge in [0.15, 0.2) is 0 Å². The third-order valence-corrected chi connectivity index (χ3v) is 3.85. The van der Waals surface area contributed by atoms with Gasteiger partial charge in [0.2, 0.25) is 0 Å². The van der Waals surface area contributed by atoms with Gasteiger partial charge in [-0.1, -0.05) is 0 Å². The summed E-state index contributed by atoms with van der Waals surface area (Å²) in [7, 11) is 1.84. The van der Waals surface area contributed by atoms with Crippen molar-refractivity contribution in [3.8, 4) is 0 Å². The van der Waals surface area contributed by atoms with Crippen molar-refractivity contribution in [1.29, 1.82) is 0 Å². The Morgan fingerprint density at radius 3 is 2.61 bits per heavy atom. The molecule has 0 aromatic carbocycles. The van der Waals surface area contributed by atoms with Crippen LogP contribution >= 0.6 is 11.8 Å². The van der Waals surface area contributed by atoms with Crippen LogP contribution in [0, 0.1) is 0 Å². The normalized spacial score (nSPS) is 12.8. The average Bonchev–Trinajstić information content (AvgIpc) is 2.69. The predicted octanol–water partition coefficient (Wildman–Crippen LogP) is 2.47. The molecule has 4 nitrogen and oxygen atoms in total. The lowest BCUT2D eigenvalue weighted by Gasteiger charge is -2.25. The van der Waals surface area contributed by atoms with Gasteiger partial charge in [0.25, 0.3) is 5.91 Å². The number of anilines is 1. The minimum Gasteiger partial charge on any atom is -0.397 e. The van der Waals surface area contributed by atoms with Crippen LogP contribution in [0.2, 0.25) is 0 Å². The molecule has 0 aliphatic heterocycles. The van der Waals surface area contributed by atoms with Crippen molar-refractivity contribution in [2.75, 3.05) is 24.8 Å². The monoisotopic (exact) mass is 269 g/mol. The van der Waals surface area contributed by atoms with E-state index in [0.717, 1.165) is 5.75 Å². The number of amides is 1. The maximum Gasteiger partial charge on any atom is 0.270 e. The zero-order valence-corrected chi connectivity index (χ0v) is 12.6. The molecule has 0 saturated heterocycles. The van der Waals surface area contributed by atoms with Gasteiger partial charge < -0.3 is 15.2 Å². The fourth-order valence-corrected chi connectivity index (χ4v) is 2.54. The molecule has 0 bridgehead atoms. The summed E-state index contributed by atoms with van der Waals surface area (Å²) in [6, 6.07) is 2.19. The number of rotatable bonds is 5. The third kappa shape index (κ3) is 3.22. The standard InChI is InChI=1S/C13H23N3OS/c1-9(2)16-7-11(14)6-12(16)13(17)15(4)10(3)8-18-5/h6-7,9-10H,8,14H2,1-5H3. The van der Waals surface area contributed by atoms with Gasteiger partial charge in [0.05, 0.1) is 5.69 Å².